The molecule has 3 aromatic rings. The fourth-order valence-electron chi connectivity index (χ4n) is 2.86. The molecular weight excluding hydrogens is 435 g/mol. The van der Waals surface area contributed by atoms with Crippen LogP contribution in [0.1, 0.15) is 27.6 Å². The summed E-state index contributed by atoms with van der Waals surface area (Å²) in [5, 5.41) is 18.5. The zero-order valence-corrected chi connectivity index (χ0v) is 17.3. The lowest BCUT2D eigenvalue weighted by Crippen LogP contribution is -2.10. The van der Waals surface area contributed by atoms with Crippen LogP contribution in [0.4, 0.5) is 13.2 Å². The molecule has 0 saturated heterocycles. The lowest BCUT2D eigenvalue weighted by Gasteiger charge is -2.19. The Kier molecular flexibility index (Phi) is 6.74. The van der Waals surface area contributed by atoms with Crippen molar-refractivity contribution in [1.29, 1.82) is 0 Å². The van der Waals surface area contributed by atoms with E-state index in [4.69, 9.17) is 14.6 Å². The molecule has 0 aliphatic heterocycles. The van der Waals surface area contributed by atoms with Gasteiger partial charge >= 0.3 is 12.1 Å². The van der Waals surface area contributed by atoms with Crippen LogP contribution in [0.5, 0.6) is 11.5 Å². The molecule has 0 bridgehead atoms. The monoisotopic (exact) mass is 453 g/mol. The summed E-state index contributed by atoms with van der Waals surface area (Å²) in [6.07, 6.45) is -3.03. The fourth-order valence-corrected chi connectivity index (χ4v) is 3.97. The highest BCUT2D eigenvalue weighted by Gasteiger charge is 2.33. The first-order valence-electron chi connectivity index (χ1n) is 8.91. The van der Waals surface area contributed by atoms with Crippen molar-refractivity contribution in [1.82, 2.24) is 15.4 Å². The van der Waals surface area contributed by atoms with Crippen LogP contribution in [-0.4, -0.2) is 40.2 Å². The summed E-state index contributed by atoms with van der Waals surface area (Å²) in [5.74, 6) is -0.599. The summed E-state index contributed by atoms with van der Waals surface area (Å²) in [4.78, 5) is 11.4. The van der Waals surface area contributed by atoms with Gasteiger partial charge in [0, 0.05) is 4.90 Å². The lowest BCUT2D eigenvalue weighted by molar-refractivity contribution is -0.139. The molecule has 0 spiro atoms. The number of carboxylic acids is 1. The molecule has 31 heavy (non-hydrogen) atoms. The van der Waals surface area contributed by atoms with Gasteiger partial charge in [-0.1, -0.05) is 12.1 Å². The van der Waals surface area contributed by atoms with Crippen LogP contribution < -0.4 is 9.47 Å². The van der Waals surface area contributed by atoms with E-state index in [2.05, 4.69) is 15.4 Å². The molecule has 0 amide bonds. The first-order valence-corrected chi connectivity index (χ1v) is 9.79. The lowest BCUT2D eigenvalue weighted by atomic mass is 10.0. The van der Waals surface area contributed by atoms with Gasteiger partial charge in [0.15, 0.2) is 18.1 Å². The molecular formula is C20H18F3N3O4S. The Hall–Kier alpha value is -3.21. The van der Waals surface area contributed by atoms with Crippen molar-refractivity contribution in [2.24, 2.45) is 0 Å². The Balaban J connectivity index is 1.96. The molecule has 11 heteroatoms. The van der Waals surface area contributed by atoms with Crippen LogP contribution in [-0.2, 0) is 11.0 Å². The van der Waals surface area contributed by atoms with Gasteiger partial charge in [-0.2, -0.15) is 28.6 Å². The van der Waals surface area contributed by atoms with Gasteiger partial charge in [-0.15, -0.1) is 11.8 Å². The predicted octanol–water partition coefficient (Wildman–Crippen LogP) is 4.49. The molecule has 0 aliphatic rings. The van der Waals surface area contributed by atoms with Gasteiger partial charge in [0.25, 0.3) is 0 Å². The Morgan fingerprint density at radius 2 is 2.00 bits per heavy atom. The molecule has 3 rings (SSSR count). The van der Waals surface area contributed by atoms with E-state index in [1.54, 1.807) is 24.3 Å². The molecule has 7 nitrogen and oxygen atoms in total. The molecule has 0 fully saturated rings. The molecule has 1 atom stereocenters. The third kappa shape index (κ3) is 5.48. The first kappa shape index (κ1) is 22.5. The second kappa shape index (κ2) is 9.29. The minimum atomic E-state index is -4.48. The number of halogens is 3. The molecule has 0 aliphatic carbocycles. The largest absolute Gasteiger partial charge is 0.493 e. The van der Waals surface area contributed by atoms with Gasteiger partial charge in [0.2, 0.25) is 0 Å². The number of nitrogens with zero attached hydrogens (tertiary/aromatic N) is 2. The minimum absolute atomic E-state index is 0.127. The average Bonchev–Trinajstić information content (AvgIpc) is 3.25. The average molecular weight is 453 g/mol. The fraction of sp³-hybridized carbons (Fsp3) is 0.250. The highest BCUT2D eigenvalue weighted by atomic mass is 32.2. The van der Waals surface area contributed by atoms with E-state index < -0.39 is 29.6 Å². The van der Waals surface area contributed by atoms with E-state index in [0.717, 1.165) is 6.07 Å². The number of aryl methyl sites for hydroxylation is 1. The molecule has 1 heterocycles. The van der Waals surface area contributed by atoms with E-state index in [1.165, 1.54) is 38.1 Å². The van der Waals surface area contributed by atoms with E-state index in [9.17, 15) is 18.0 Å². The smallest absolute Gasteiger partial charge is 0.416 e. The SMILES string of the molecule is COc1cc(SC(c2ccc(C)c(C(F)(F)F)c2)c2cn[nH]n2)ccc1OCC(=O)O. The van der Waals surface area contributed by atoms with E-state index >= 15 is 0 Å². The number of carbonyl (C=O) groups is 1. The van der Waals surface area contributed by atoms with Crippen LogP contribution in [0.2, 0.25) is 0 Å². The standard InChI is InChI=1S/C20H18F3N3O4S/c1-11-3-4-12(7-14(11)20(21,22)23)19(15-9-24-26-25-15)31-13-5-6-16(17(8-13)29-2)30-10-18(27)28/h3-9,19H,10H2,1-2H3,(H,27,28)(H,24,25,26). The van der Waals surface area contributed by atoms with Crippen LogP contribution in [0.15, 0.2) is 47.5 Å². The molecule has 164 valence electrons. The summed E-state index contributed by atoms with van der Waals surface area (Å²) in [5.41, 5.74) is 0.269. The maximum Gasteiger partial charge on any atom is 0.416 e. The van der Waals surface area contributed by atoms with Gasteiger partial charge in [0.05, 0.1) is 24.1 Å². The number of ether oxygens (including phenoxy) is 2. The number of nitrogens with one attached hydrogen (secondary N) is 1. The molecule has 1 aromatic heterocycles. The highest BCUT2D eigenvalue weighted by molar-refractivity contribution is 7.99. The van der Waals surface area contributed by atoms with E-state index in [-0.39, 0.29) is 11.3 Å². The summed E-state index contributed by atoms with van der Waals surface area (Å²) in [6.45, 7) is 0.875. The van der Waals surface area contributed by atoms with E-state index in [1.807, 2.05) is 0 Å². The minimum Gasteiger partial charge on any atom is -0.493 e. The summed E-state index contributed by atoms with van der Waals surface area (Å²) in [6, 6.07) is 8.99. The molecule has 0 radical (unpaired) electrons. The normalized spacial score (nSPS) is 12.4. The maximum absolute atomic E-state index is 13.4. The van der Waals surface area contributed by atoms with Crippen molar-refractivity contribution in [2.75, 3.05) is 13.7 Å². The molecule has 0 saturated carbocycles. The number of carboxylic acid groups (broad SMARTS) is 1. The van der Waals surface area contributed by atoms with Gasteiger partial charge in [-0.05, 0) is 42.3 Å². The van der Waals surface area contributed by atoms with Crippen molar-refractivity contribution in [3.63, 3.8) is 0 Å². The second-order valence-electron chi connectivity index (χ2n) is 6.46. The Morgan fingerprint density at radius 1 is 1.23 bits per heavy atom. The number of aliphatic carboxylic acids is 1. The zero-order chi connectivity index (χ0) is 22.6. The van der Waals surface area contributed by atoms with Crippen LogP contribution >= 0.6 is 11.8 Å². The van der Waals surface area contributed by atoms with E-state index in [0.29, 0.717) is 21.9 Å². The second-order valence-corrected chi connectivity index (χ2v) is 7.64. The van der Waals surface area contributed by atoms with Crippen LogP contribution in [0.3, 0.4) is 0 Å². The van der Waals surface area contributed by atoms with Gasteiger partial charge in [0.1, 0.15) is 5.69 Å². The Morgan fingerprint density at radius 3 is 2.61 bits per heavy atom. The summed E-state index contributed by atoms with van der Waals surface area (Å²) < 4.78 is 50.7. The quantitative estimate of drug-likeness (QED) is 0.485. The first-order chi connectivity index (χ1) is 14.7. The van der Waals surface area contributed by atoms with Crippen molar-refractivity contribution in [3.05, 3.63) is 65.0 Å². The van der Waals surface area contributed by atoms with Crippen LogP contribution in [0, 0.1) is 6.92 Å². The Bertz CT molecular complexity index is 1060. The number of hydrogen-bond acceptors (Lipinski definition) is 6. The summed E-state index contributed by atoms with van der Waals surface area (Å²) >= 11 is 1.25. The van der Waals surface area contributed by atoms with Gasteiger partial charge in [-0.25, -0.2) is 4.79 Å². The van der Waals surface area contributed by atoms with Crippen molar-refractivity contribution >= 4 is 17.7 Å². The maximum atomic E-state index is 13.4. The third-order valence-corrected chi connectivity index (χ3v) is 5.59. The number of rotatable bonds is 8. The molecule has 2 aromatic carbocycles. The number of benzene rings is 2. The highest BCUT2D eigenvalue weighted by Crippen LogP contribution is 2.44. The number of hydrogen-bond donors (Lipinski definition) is 2. The number of alkyl halides is 3. The molecule has 1 unspecified atom stereocenters. The van der Waals surface area contributed by atoms with Gasteiger partial charge in [-0.3, -0.25) is 0 Å². The number of methoxy groups -OCH3 is 1. The number of H-pyrrole nitrogens is 1. The Labute approximate surface area is 179 Å². The molecule has 2 N–H and O–H groups in total. The van der Waals surface area contributed by atoms with Crippen molar-refractivity contribution in [2.45, 2.75) is 23.2 Å². The predicted molar refractivity (Wildman–Crippen MR) is 106 cm³/mol. The number of aromatic amines is 1. The summed E-state index contributed by atoms with van der Waals surface area (Å²) in [7, 11) is 1.40. The zero-order valence-electron chi connectivity index (χ0n) is 16.4. The topological polar surface area (TPSA) is 97.3 Å². The number of aromatic nitrogens is 3. The van der Waals surface area contributed by atoms with Gasteiger partial charge < -0.3 is 14.6 Å². The number of thioether (sulfide) groups is 1. The third-order valence-electron chi connectivity index (χ3n) is 4.31. The van der Waals surface area contributed by atoms with Crippen LogP contribution in [0.25, 0.3) is 0 Å². The van der Waals surface area contributed by atoms with Crippen molar-refractivity contribution < 1.29 is 32.5 Å². The van der Waals surface area contributed by atoms with Crippen molar-refractivity contribution in [3.8, 4) is 11.5 Å².